The Morgan fingerprint density at radius 3 is 2.48 bits per heavy atom. The van der Waals surface area contributed by atoms with E-state index in [1.807, 2.05) is 41.3 Å². The molecule has 3 rings (SSSR count). The van der Waals surface area contributed by atoms with Crippen molar-refractivity contribution in [2.75, 3.05) is 0 Å². The molecule has 1 amide bonds. The van der Waals surface area contributed by atoms with E-state index in [4.69, 9.17) is 4.74 Å². The molecular weight excluding hydrogens is 338 g/mol. The van der Waals surface area contributed by atoms with Crippen molar-refractivity contribution in [1.82, 2.24) is 4.90 Å². The molecule has 2 atom stereocenters. The van der Waals surface area contributed by atoms with Crippen molar-refractivity contribution < 1.29 is 14.6 Å². The van der Waals surface area contributed by atoms with Gasteiger partial charge in [-0.05, 0) is 50.5 Å². The van der Waals surface area contributed by atoms with Crippen LogP contribution in [0.25, 0.3) is 0 Å². The topological polar surface area (TPSA) is 49.8 Å². The summed E-state index contributed by atoms with van der Waals surface area (Å²) in [4.78, 5) is 14.5. The molecule has 1 aromatic rings. The number of fused-ring (bicyclic) bond motifs is 2. The van der Waals surface area contributed by atoms with Crippen molar-refractivity contribution in [3.05, 3.63) is 48.6 Å². The molecule has 4 heteroatoms. The van der Waals surface area contributed by atoms with Gasteiger partial charge in [0, 0.05) is 12.1 Å². The number of hydrogen-bond donors (Lipinski definition) is 1. The van der Waals surface area contributed by atoms with Crippen LogP contribution in [-0.2, 0) is 11.3 Å². The van der Waals surface area contributed by atoms with Crippen molar-refractivity contribution in [3.8, 4) is 0 Å². The number of carbonyl (C=O) groups excluding carboxylic acids is 1. The number of allylic oxidation sites excluding steroid dienone is 1. The summed E-state index contributed by atoms with van der Waals surface area (Å²) in [6.07, 6.45) is 11.6. The number of carbonyl (C=O) groups is 1. The van der Waals surface area contributed by atoms with E-state index < -0.39 is 5.60 Å². The summed E-state index contributed by atoms with van der Waals surface area (Å²) in [6.45, 7) is 4.07. The van der Waals surface area contributed by atoms with Gasteiger partial charge in [-0.2, -0.15) is 0 Å². The van der Waals surface area contributed by atoms with Crippen molar-refractivity contribution in [1.29, 1.82) is 0 Å². The van der Waals surface area contributed by atoms with Crippen LogP contribution in [0.5, 0.6) is 0 Å². The average Bonchev–Trinajstić information content (AvgIpc) is 2.96. The fourth-order valence-corrected chi connectivity index (χ4v) is 4.71. The van der Waals surface area contributed by atoms with E-state index in [1.165, 1.54) is 12.8 Å². The molecule has 2 aliphatic heterocycles. The van der Waals surface area contributed by atoms with Crippen LogP contribution >= 0.6 is 0 Å². The van der Waals surface area contributed by atoms with Gasteiger partial charge in [-0.25, -0.2) is 4.79 Å². The van der Waals surface area contributed by atoms with Crippen molar-refractivity contribution in [2.24, 2.45) is 0 Å². The third kappa shape index (κ3) is 5.35. The van der Waals surface area contributed by atoms with E-state index in [2.05, 4.69) is 6.58 Å². The van der Waals surface area contributed by atoms with E-state index in [0.717, 1.165) is 44.1 Å². The lowest BCUT2D eigenvalue weighted by Gasteiger charge is -2.43. The molecule has 27 heavy (non-hydrogen) atoms. The van der Waals surface area contributed by atoms with E-state index in [0.29, 0.717) is 19.4 Å². The largest absolute Gasteiger partial charge is 0.445 e. The van der Waals surface area contributed by atoms with Crippen LogP contribution in [0.3, 0.4) is 0 Å². The molecule has 2 saturated heterocycles. The van der Waals surface area contributed by atoms with Gasteiger partial charge in [-0.3, -0.25) is 0 Å². The first-order valence-electron chi connectivity index (χ1n) is 10.4. The predicted molar refractivity (Wildman–Crippen MR) is 107 cm³/mol. The zero-order valence-electron chi connectivity index (χ0n) is 16.3. The SMILES string of the molecule is C=CCCCCCCC1(O)CC2CCC(C1)N2C(=O)OCc1ccccc1. The highest BCUT2D eigenvalue weighted by Gasteiger charge is 2.49. The van der Waals surface area contributed by atoms with E-state index in [1.54, 1.807) is 0 Å². The van der Waals surface area contributed by atoms with Crippen LogP contribution in [0, 0.1) is 0 Å². The molecule has 0 aromatic heterocycles. The maximum absolute atomic E-state index is 12.6. The number of nitrogens with zero attached hydrogens (tertiary/aromatic N) is 1. The maximum Gasteiger partial charge on any atom is 0.410 e. The summed E-state index contributed by atoms with van der Waals surface area (Å²) < 4.78 is 5.55. The first kappa shape index (κ1) is 19.9. The smallest absolute Gasteiger partial charge is 0.410 e. The van der Waals surface area contributed by atoms with Crippen molar-refractivity contribution >= 4 is 6.09 Å². The Morgan fingerprint density at radius 1 is 1.15 bits per heavy atom. The highest BCUT2D eigenvalue weighted by molar-refractivity contribution is 5.69. The van der Waals surface area contributed by atoms with Gasteiger partial charge in [-0.1, -0.05) is 55.7 Å². The number of piperidine rings is 1. The Kier molecular flexibility index (Phi) is 6.95. The molecule has 0 saturated carbocycles. The monoisotopic (exact) mass is 371 g/mol. The van der Waals surface area contributed by atoms with Gasteiger partial charge in [0.15, 0.2) is 0 Å². The summed E-state index contributed by atoms with van der Waals surface area (Å²) in [5.41, 5.74) is 0.392. The molecule has 2 unspecified atom stereocenters. The van der Waals surface area contributed by atoms with Gasteiger partial charge in [0.1, 0.15) is 6.61 Å². The summed E-state index contributed by atoms with van der Waals surface area (Å²) in [5.74, 6) is 0. The van der Waals surface area contributed by atoms with Gasteiger partial charge >= 0.3 is 6.09 Å². The normalized spacial score (nSPS) is 26.8. The highest BCUT2D eigenvalue weighted by atomic mass is 16.6. The van der Waals surface area contributed by atoms with Crippen LogP contribution in [0.4, 0.5) is 4.79 Å². The summed E-state index contributed by atoms with van der Waals surface area (Å²) >= 11 is 0. The van der Waals surface area contributed by atoms with Gasteiger partial charge in [0.05, 0.1) is 5.60 Å². The molecule has 2 heterocycles. The summed E-state index contributed by atoms with van der Waals surface area (Å²) in [5, 5.41) is 11.1. The fraction of sp³-hybridized carbons (Fsp3) is 0.609. The van der Waals surface area contributed by atoms with E-state index in [9.17, 15) is 9.90 Å². The third-order valence-corrected chi connectivity index (χ3v) is 6.07. The molecule has 2 bridgehead atoms. The lowest BCUT2D eigenvalue weighted by atomic mass is 9.82. The lowest BCUT2D eigenvalue weighted by molar-refractivity contribution is -0.0553. The van der Waals surface area contributed by atoms with Crippen LogP contribution in [0.1, 0.15) is 69.8 Å². The minimum absolute atomic E-state index is 0.123. The number of hydrogen-bond acceptors (Lipinski definition) is 3. The number of ether oxygens (including phenoxy) is 1. The standard InChI is InChI=1S/C23H33NO3/c1-2-3-4-5-6-10-15-23(26)16-20-13-14-21(17-23)24(20)22(25)27-18-19-11-8-7-9-12-19/h2,7-9,11-12,20-21,26H,1,3-6,10,13-18H2. The quantitative estimate of drug-likeness (QED) is 0.479. The highest BCUT2D eigenvalue weighted by Crippen LogP contribution is 2.43. The van der Waals surface area contributed by atoms with Crippen LogP contribution in [0.15, 0.2) is 43.0 Å². The second-order valence-corrected chi connectivity index (χ2v) is 8.21. The first-order chi connectivity index (χ1) is 13.1. The van der Waals surface area contributed by atoms with Crippen LogP contribution < -0.4 is 0 Å². The van der Waals surface area contributed by atoms with Crippen LogP contribution in [-0.4, -0.2) is 33.8 Å². The van der Waals surface area contributed by atoms with E-state index in [-0.39, 0.29) is 18.2 Å². The second-order valence-electron chi connectivity index (χ2n) is 8.21. The molecular formula is C23H33NO3. The molecule has 148 valence electrons. The molecule has 2 aliphatic rings. The van der Waals surface area contributed by atoms with Gasteiger partial charge in [0.2, 0.25) is 0 Å². The van der Waals surface area contributed by atoms with Gasteiger partial charge in [0.25, 0.3) is 0 Å². The number of benzene rings is 1. The Morgan fingerprint density at radius 2 is 1.81 bits per heavy atom. The number of aliphatic hydroxyl groups is 1. The number of rotatable bonds is 9. The average molecular weight is 372 g/mol. The minimum Gasteiger partial charge on any atom is -0.445 e. The molecule has 0 radical (unpaired) electrons. The number of unbranched alkanes of at least 4 members (excludes halogenated alkanes) is 4. The van der Waals surface area contributed by atoms with E-state index >= 15 is 0 Å². The Hall–Kier alpha value is -1.81. The van der Waals surface area contributed by atoms with Gasteiger partial charge < -0.3 is 14.7 Å². The second kappa shape index (κ2) is 9.41. The summed E-state index contributed by atoms with van der Waals surface area (Å²) in [7, 11) is 0. The van der Waals surface area contributed by atoms with Crippen LogP contribution in [0.2, 0.25) is 0 Å². The summed E-state index contributed by atoms with van der Waals surface area (Å²) in [6, 6.07) is 10.0. The zero-order chi connectivity index (χ0) is 19.1. The molecule has 1 N–H and O–H groups in total. The molecule has 2 fully saturated rings. The lowest BCUT2D eigenvalue weighted by Crippen LogP contribution is -2.53. The maximum atomic E-state index is 12.6. The Balaban J connectivity index is 1.46. The fourth-order valence-electron chi connectivity index (χ4n) is 4.71. The minimum atomic E-state index is -0.611. The molecule has 1 aromatic carbocycles. The molecule has 4 nitrogen and oxygen atoms in total. The first-order valence-corrected chi connectivity index (χ1v) is 10.4. The van der Waals surface area contributed by atoms with Crippen molar-refractivity contribution in [2.45, 2.75) is 88.5 Å². The van der Waals surface area contributed by atoms with Gasteiger partial charge in [-0.15, -0.1) is 6.58 Å². The number of amides is 1. The zero-order valence-corrected chi connectivity index (χ0v) is 16.3. The predicted octanol–water partition coefficient (Wildman–Crippen LogP) is 5.21. The Bertz CT molecular complexity index is 601. The molecule has 0 aliphatic carbocycles. The van der Waals surface area contributed by atoms with Crippen molar-refractivity contribution in [3.63, 3.8) is 0 Å². The molecule has 0 spiro atoms. The third-order valence-electron chi connectivity index (χ3n) is 6.07. The Labute approximate surface area is 163 Å².